The van der Waals surface area contributed by atoms with E-state index in [1.54, 1.807) is 0 Å². The molecule has 5 heteroatoms. The van der Waals surface area contributed by atoms with Gasteiger partial charge in [-0.25, -0.2) is 0 Å². The number of nitrogens with one attached hydrogen (secondary N) is 1. The van der Waals surface area contributed by atoms with Crippen LogP contribution in [-0.4, -0.2) is 47.6 Å². The van der Waals surface area contributed by atoms with Crippen LogP contribution in [0.15, 0.2) is 0 Å². The maximum atomic E-state index is 11.6. The number of hydrogen-bond donors (Lipinski definition) is 2. The van der Waals surface area contributed by atoms with Crippen molar-refractivity contribution in [3.63, 3.8) is 0 Å². The van der Waals surface area contributed by atoms with E-state index in [2.05, 4.69) is 19.2 Å². The molecule has 0 aromatic carbocycles. The first-order valence-corrected chi connectivity index (χ1v) is 6.24. The summed E-state index contributed by atoms with van der Waals surface area (Å²) in [6, 6.07) is -0.492. The van der Waals surface area contributed by atoms with E-state index < -0.39 is 12.0 Å². The topological polar surface area (TPSA) is 69.6 Å². The number of carbonyl (C=O) groups excluding carboxylic acids is 1. The van der Waals surface area contributed by atoms with Crippen LogP contribution in [0.4, 0.5) is 0 Å². The fourth-order valence-electron chi connectivity index (χ4n) is 2.12. The highest BCUT2D eigenvalue weighted by molar-refractivity contribution is 5.86. The van der Waals surface area contributed by atoms with Gasteiger partial charge in [-0.3, -0.25) is 14.5 Å². The minimum absolute atomic E-state index is 0.104. The van der Waals surface area contributed by atoms with Crippen LogP contribution in [0.5, 0.6) is 0 Å². The lowest BCUT2D eigenvalue weighted by molar-refractivity contribution is -0.143. The molecule has 0 aliphatic carbocycles. The van der Waals surface area contributed by atoms with E-state index >= 15 is 0 Å². The molecule has 1 unspecified atom stereocenters. The number of amides is 1. The second-order valence-corrected chi connectivity index (χ2v) is 4.98. The van der Waals surface area contributed by atoms with Crippen molar-refractivity contribution in [2.24, 2.45) is 5.92 Å². The molecule has 1 aliphatic rings. The largest absolute Gasteiger partial charge is 0.481 e. The summed E-state index contributed by atoms with van der Waals surface area (Å²) in [5, 5.41) is 11.5. The predicted molar refractivity (Wildman–Crippen MR) is 64.7 cm³/mol. The van der Waals surface area contributed by atoms with Gasteiger partial charge in [-0.2, -0.15) is 0 Å². The van der Waals surface area contributed by atoms with Crippen molar-refractivity contribution in [1.29, 1.82) is 0 Å². The first-order valence-electron chi connectivity index (χ1n) is 6.24. The van der Waals surface area contributed by atoms with Crippen molar-refractivity contribution in [3.05, 3.63) is 0 Å². The molecule has 98 valence electrons. The number of carboxylic acids is 1. The lowest BCUT2D eigenvalue weighted by atomic mass is 10.1. The zero-order chi connectivity index (χ0) is 12.8. The molecule has 1 heterocycles. The molecule has 1 saturated heterocycles. The van der Waals surface area contributed by atoms with Gasteiger partial charge in [-0.05, 0) is 25.3 Å². The van der Waals surface area contributed by atoms with E-state index in [4.69, 9.17) is 5.11 Å². The first kappa shape index (κ1) is 14.0. The third-order valence-corrected chi connectivity index (χ3v) is 3.04. The van der Waals surface area contributed by atoms with Crippen LogP contribution in [0.1, 0.15) is 33.1 Å². The second-order valence-electron chi connectivity index (χ2n) is 4.98. The summed E-state index contributed by atoms with van der Waals surface area (Å²) in [4.78, 5) is 24.4. The van der Waals surface area contributed by atoms with Gasteiger partial charge in [0.1, 0.15) is 0 Å². The minimum atomic E-state index is -0.916. The molecular weight excluding hydrogens is 220 g/mol. The van der Waals surface area contributed by atoms with Gasteiger partial charge >= 0.3 is 5.97 Å². The van der Waals surface area contributed by atoms with Crippen LogP contribution >= 0.6 is 0 Å². The average Bonchev–Trinajstić information content (AvgIpc) is 2.22. The summed E-state index contributed by atoms with van der Waals surface area (Å²) in [5.74, 6) is -0.421. The molecule has 17 heavy (non-hydrogen) atoms. The van der Waals surface area contributed by atoms with E-state index in [-0.39, 0.29) is 12.3 Å². The highest BCUT2D eigenvalue weighted by Gasteiger charge is 2.30. The molecule has 0 spiro atoms. The van der Waals surface area contributed by atoms with Gasteiger partial charge in [-0.1, -0.05) is 13.8 Å². The summed E-state index contributed by atoms with van der Waals surface area (Å²) >= 11 is 0. The fraction of sp³-hybridized carbons (Fsp3) is 0.833. The van der Waals surface area contributed by atoms with Crippen LogP contribution in [0.3, 0.4) is 0 Å². The molecular formula is C12H22N2O3. The van der Waals surface area contributed by atoms with Gasteiger partial charge in [0.05, 0.1) is 12.5 Å². The molecule has 2 N–H and O–H groups in total. The van der Waals surface area contributed by atoms with Gasteiger partial charge < -0.3 is 10.4 Å². The summed E-state index contributed by atoms with van der Waals surface area (Å²) in [5.41, 5.74) is 0. The van der Waals surface area contributed by atoms with Crippen LogP contribution in [-0.2, 0) is 9.59 Å². The number of nitrogens with zero attached hydrogens (tertiary/aromatic N) is 1. The lowest BCUT2D eigenvalue weighted by Crippen LogP contribution is -2.56. The molecule has 0 saturated carbocycles. The zero-order valence-corrected chi connectivity index (χ0v) is 10.6. The maximum absolute atomic E-state index is 11.6. The third-order valence-electron chi connectivity index (χ3n) is 3.04. The highest BCUT2D eigenvalue weighted by atomic mass is 16.4. The quantitative estimate of drug-likeness (QED) is 0.719. The van der Waals surface area contributed by atoms with E-state index in [1.165, 1.54) is 0 Å². The van der Waals surface area contributed by atoms with Crippen molar-refractivity contribution in [3.8, 4) is 0 Å². The van der Waals surface area contributed by atoms with Crippen molar-refractivity contribution in [2.75, 3.05) is 19.6 Å². The standard InChI is InChI=1S/C12H22N2O3/c1-9(2)4-3-6-14-7-5-13-12(17)10(14)8-11(15)16/h9-10H,3-8H2,1-2H3,(H,13,17)(H,15,16). The van der Waals surface area contributed by atoms with Gasteiger partial charge in [0.2, 0.25) is 5.91 Å². The lowest BCUT2D eigenvalue weighted by Gasteiger charge is -2.34. The molecule has 1 amide bonds. The van der Waals surface area contributed by atoms with Gasteiger partial charge in [0.15, 0.2) is 0 Å². The summed E-state index contributed by atoms with van der Waals surface area (Å²) in [6.07, 6.45) is 2.02. The number of hydrogen-bond acceptors (Lipinski definition) is 3. The minimum Gasteiger partial charge on any atom is -0.481 e. The Balaban J connectivity index is 2.47. The molecule has 0 aromatic rings. The number of aliphatic carboxylic acids is 1. The molecule has 1 fully saturated rings. The Hall–Kier alpha value is -1.10. The Bertz CT molecular complexity index is 279. The van der Waals surface area contributed by atoms with E-state index in [0.717, 1.165) is 25.9 Å². The van der Waals surface area contributed by atoms with E-state index in [0.29, 0.717) is 12.5 Å². The second kappa shape index (κ2) is 6.59. The first-order chi connectivity index (χ1) is 8.00. The smallest absolute Gasteiger partial charge is 0.305 e. The SMILES string of the molecule is CC(C)CCCN1CCNC(=O)C1CC(=O)O. The molecule has 0 bridgehead atoms. The Kier molecular flexibility index (Phi) is 5.41. The molecule has 5 nitrogen and oxygen atoms in total. The monoisotopic (exact) mass is 242 g/mol. The average molecular weight is 242 g/mol. The van der Waals surface area contributed by atoms with Crippen molar-refractivity contribution < 1.29 is 14.7 Å². The molecule has 1 aliphatic heterocycles. The van der Waals surface area contributed by atoms with Gasteiger partial charge in [0, 0.05) is 13.1 Å². The van der Waals surface area contributed by atoms with Crippen LogP contribution < -0.4 is 5.32 Å². The van der Waals surface area contributed by atoms with E-state index in [9.17, 15) is 9.59 Å². The van der Waals surface area contributed by atoms with Crippen LogP contribution in [0.2, 0.25) is 0 Å². The number of piperazine rings is 1. The van der Waals surface area contributed by atoms with Crippen molar-refractivity contribution >= 4 is 11.9 Å². The normalized spacial score (nSPS) is 21.6. The molecule has 1 atom stereocenters. The molecule has 1 rings (SSSR count). The van der Waals surface area contributed by atoms with Crippen LogP contribution in [0, 0.1) is 5.92 Å². The van der Waals surface area contributed by atoms with Gasteiger partial charge in [-0.15, -0.1) is 0 Å². The number of carbonyl (C=O) groups is 2. The fourth-order valence-corrected chi connectivity index (χ4v) is 2.12. The molecule has 0 radical (unpaired) electrons. The van der Waals surface area contributed by atoms with Crippen molar-refractivity contribution in [2.45, 2.75) is 39.2 Å². The Labute approximate surface area is 102 Å². The maximum Gasteiger partial charge on any atom is 0.305 e. The number of carboxylic acid groups (broad SMARTS) is 1. The van der Waals surface area contributed by atoms with E-state index in [1.807, 2.05) is 4.90 Å². The van der Waals surface area contributed by atoms with Gasteiger partial charge in [0.25, 0.3) is 0 Å². The third kappa shape index (κ3) is 4.73. The highest BCUT2D eigenvalue weighted by Crippen LogP contribution is 2.12. The predicted octanol–water partition coefficient (Wildman–Crippen LogP) is 0.698. The summed E-state index contributed by atoms with van der Waals surface area (Å²) in [7, 11) is 0. The molecule has 0 aromatic heterocycles. The van der Waals surface area contributed by atoms with Crippen LogP contribution in [0.25, 0.3) is 0 Å². The Morgan fingerprint density at radius 3 is 2.88 bits per heavy atom. The summed E-state index contributed by atoms with van der Waals surface area (Å²) in [6.45, 7) is 6.51. The van der Waals surface area contributed by atoms with Crippen molar-refractivity contribution in [1.82, 2.24) is 10.2 Å². The number of rotatable bonds is 6. The Morgan fingerprint density at radius 2 is 2.29 bits per heavy atom. The summed E-state index contributed by atoms with van der Waals surface area (Å²) < 4.78 is 0. The Morgan fingerprint density at radius 1 is 1.59 bits per heavy atom. The zero-order valence-electron chi connectivity index (χ0n) is 10.6.